The Morgan fingerprint density at radius 3 is 1.08 bits per heavy atom. The van der Waals surface area contributed by atoms with E-state index in [0.717, 1.165) is 22.3 Å². The molecule has 2 atom stereocenters. The number of ketones is 1. The van der Waals surface area contributed by atoms with E-state index in [-0.39, 0.29) is 57.5 Å². The molecule has 0 fully saturated rings. The molecule has 0 saturated heterocycles. The summed E-state index contributed by atoms with van der Waals surface area (Å²) in [6, 6.07) is 35.1. The molecule has 0 saturated carbocycles. The molecule has 0 bridgehead atoms. The van der Waals surface area contributed by atoms with Crippen molar-refractivity contribution in [3.8, 4) is 0 Å². The highest BCUT2D eigenvalue weighted by molar-refractivity contribution is 5.90. The lowest BCUT2D eigenvalue weighted by molar-refractivity contribution is -0.149. The van der Waals surface area contributed by atoms with Gasteiger partial charge in [-0.3, -0.25) is 14.4 Å². The van der Waals surface area contributed by atoms with Crippen LogP contribution in [0.5, 0.6) is 0 Å². The summed E-state index contributed by atoms with van der Waals surface area (Å²) >= 11 is 0. The van der Waals surface area contributed by atoms with Gasteiger partial charge in [0.15, 0.2) is 0 Å². The first-order valence-corrected chi connectivity index (χ1v) is 15.9. The Bertz CT molecular complexity index is 1490. The number of esters is 2. The standard InChI is InChI=1S/C39H40N2O7/c42-33(21-23-36(43)40-34(25-29-13-5-1-6-14-29)38(45)47-27-31-17-9-3-10-18-31)22-24-37(44)41-35(26-30-15-7-2-8-16-30)39(46)48-28-32-19-11-4-12-20-32/h1-20,34-35H,21-28H2,(H,40,43)(H,41,44)/t34-,35-/m0/s1. The summed E-state index contributed by atoms with van der Waals surface area (Å²) in [4.78, 5) is 64.2. The highest BCUT2D eigenvalue weighted by Gasteiger charge is 2.25. The van der Waals surface area contributed by atoms with Crippen molar-refractivity contribution in [3.05, 3.63) is 144 Å². The zero-order valence-electron chi connectivity index (χ0n) is 26.7. The molecule has 9 heteroatoms. The van der Waals surface area contributed by atoms with Gasteiger partial charge in [0, 0.05) is 38.5 Å². The van der Waals surface area contributed by atoms with Crippen LogP contribution in [0.25, 0.3) is 0 Å². The van der Waals surface area contributed by atoms with Gasteiger partial charge in [-0.1, -0.05) is 121 Å². The zero-order chi connectivity index (χ0) is 34.0. The maximum absolute atomic E-state index is 13.0. The third kappa shape index (κ3) is 12.7. The number of carbonyl (C=O) groups is 5. The highest BCUT2D eigenvalue weighted by atomic mass is 16.5. The summed E-state index contributed by atoms with van der Waals surface area (Å²) in [5.41, 5.74) is 3.33. The minimum Gasteiger partial charge on any atom is -0.459 e. The lowest BCUT2D eigenvalue weighted by Crippen LogP contribution is -2.43. The van der Waals surface area contributed by atoms with Gasteiger partial charge in [0.1, 0.15) is 31.1 Å². The van der Waals surface area contributed by atoms with Crippen LogP contribution in [0, 0.1) is 0 Å². The molecule has 9 nitrogen and oxygen atoms in total. The van der Waals surface area contributed by atoms with E-state index in [1.807, 2.05) is 121 Å². The van der Waals surface area contributed by atoms with Crippen LogP contribution in [0.15, 0.2) is 121 Å². The van der Waals surface area contributed by atoms with Crippen LogP contribution in [0.4, 0.5) is 0 Å². The Morgan fingerprint density at radius 2 is 0.750 bits per heavy atom. The Balaban J connectivity index is 1.25. The minimum atomic E-state index is -0.937. The first-order valence-electron chi connectivity index (χ1n) is 15.9. The van der Waals surface area contributed by atoms with Gasteiger partial charge < -0.3 is 20.1 Å². The fourth-order valence-corrected chi connectivity index (χ4v) is 4.91. The van der Waals surface area contributed by atoms with Crippen molar-refractivity contribution in [1.29, 1.82) is 0 Å². The summed E-state index contributed by atoms with van der Waals surface area (Å²) in [5, 5.41) is 5.42. The number of amides is 2. The zero-order valence-corrected chi connectivity index (χ0v) is 26.7. The molecular formula is C39H40N2O7. The van der Waals surface area contributed by atoms with E-state index in [4.69, 9.17) is 9.47 Å². The van der Waals surface area contributed by atoms with E-state index in [2.05, 4.69) is 10.6 Å². The molecule has 0 spiro atoms. The van der Waals surface area contributed by atoms with Gasteiger partial charge in [-0.2, -0.15) is 0 Å². The molecule has 0 aliphatic carbocycles. The van der Waals surface area contributed by atoms with Crippen molar-refractivity contribution >= 4 is 29.5 Å². The Hall–Kier alpha value is -5.57. The van der Waals surface area contributed by atoms with Gasteiger partial charge in [0.25, 0.3) is 0 Å². The van der Waals surface area contributed by atoms with Gasteiger partial charge in [-0.05, 0) is 22.3 Å². The first-order chi connectivity index (χ1) is 23.4. The van der Waals surface area contributed by atoms with Crippen LogP contribution in [0.3, 0.4) is 0 Å². The summed E-state index contributed by atoms with van der Waals surface area (Å²) in [7, 11) is 0. The number of rotatable bonds is 18. The lowest BCUT2D eigenvalue weighted by atomic mass is 10.0. The first kappa shape index (κ1) is 35.3. The second-order valence-electron chi connectivity index (χ2n) is 11.3. The maximum Gasteiger partial charge on any atom is 0.329 e. The van der Waals surface area contributed by atoms with Gasteiger partial charge in [0.2, 0.25) is 11.8 Å². The molecule has 0 unspecified atom stereocenters. The molecule has 4 aromatic rings. The number of nitrogens with one attached hydrogen (secondary N) is 2. The predicted octanol–water partition coefficient (Wildman–Crippen LogP) is 5.06. The SMILES string of the molecule is O=C(CCC(=O)N[C@@H](Cc1ccccc1)C(=O)OCc1ccccc1)CCC(=O)N[C@@H](Cc1ccccc1)C(=O)OCc1ccccc1. The van der Waals surface area contributed by atoms with Crippen LogP contribution in [-0.2, 0) is 59.5 Å². The van der Waals surface area contributed by atoms with Gasteiger partial charge in [-0.25, -0.2) is 9.59 Å². The Labute approximate surface area is 280 Å². The maximum atomic E-state index is 13.0. The highest BCUT2D eigenvalue weighted by Crippen LogP contribution is 2.10. The average molecular weight is 649 g/mol. The van der Waals surface area contributed by atoms with Gasteiger partial charge >= 0.3 is 11.9 Å². The molecule has 2 N–H and O–H groups in total. The third-order valence-electron chi connectivity index (χ3n) is 7.51. The molecule has 248 valence electrons. The van der Waals surface area contributed by atoms with Crippen LogP contribution in [-0.4, -0.2) is 41.6 Å². The molecule has 0 heterocycles. The Kier molecular flexibility index (Phi) is 14.1. The van der Waals surface area contributed by atoms with E-state index >= 15 is 0 Å². The quantitative estimate of drug-likeness (QED) is 0.145. The van der Waals surface area contributed by atoms with E-state index in [0.29, 0.717) is 0 Å². The summed E-state index contributed by atoms with van der Waals surface area (Å²) in [6.45, 7) is 0.136. The number of hydrogen-bond donors (Lipinski definition) is 2. The normalized spacial score (nSPS) is 11.8. The number of hydrogen-bond acceptors (Lipinski definition) is 7. The number of carbonyl (C=O) groups excluding carboxylic acids is 5. The summed E-state index contributed by atoms with van der Waals surface area (Å²) in [5.74, 6) is -2.40. The fraction of sp³-hybridized carbons (Fsp3) is 0.256. The molecule has 48 heavy (non-hydrogen) atoms. The van der Waals surface area contributed by atoms with Crippen molar-refractivity contribution in [2.75, 3.05) is 0 Å². The second-order valence-corrected chi connectivity index (χ2v) is 11.3. The van der Waals surface area contributed by atoms with E-state index in [9.17, 15) is 24.0 Å². The summed E-state index contributed by atoms with van der Waals surface area (Å²) < 4.78 is 11.0. The van der Waals surface area contributed by atoms with Crippen molar-refractivity contribution in [1.82, 2.24) is 10.6 Å². The van der Waals surface area contributed by atoms with Crippen molar-refractivity contribution in [2.45, 2.75) is 63.8 Å². The molecule has 0 aliphatic rings. The van der Waals surface area contributed by atoms with Crippen LogP contribution >= 0.6 is 0 Å². The van der Waals surface area contributed by atoms with Gasteiger partial charge in [0.05, 0.1) is 0 Å². The monoisotopic (exact) mass is 648 g/mol. The van der Waals surface area contributed by atoms with E-state index < -0.39 is 35.8 Å². The lowest BCUT2D eigenvalue weighted by Gasteiger charge is -2.18. The van der Waals surface area contributed by atoms with Crippen molar-refractivity contribution in [3.63, 3.8) is 0 Å². The number of ether oxygens (including phenoxy) is 2. The molecule has 0 aliphatic heterocycles. The van der Waals surface area contributed by atoms with Crippen LogP contribution < -0.4 is 10.6 Å². The third-order valence-corrected chi connectivity index (χ3v) is 7.51. The van der Waals surface area contributed by atoms with E-state index in [1.165, 1.54) is 0 Å². The average Bonchev–Trinajstić information content (AvgIpc) is 3.12. The van der Waals surface area contributed by atoms with Crippen LogP contribution in [0.1, 0.15) is 47.9 Å². The largest absolute Gasteiger partial charge is 0.459 e. The smallest absolute Gasteiger partial charge is 0.329 e. The molecular weight excluding hydrogens is 608 g/mol. The number of benzene rings is 4. The predicted molar refractivity (Wildman–Crippen MR) is 180 cm³/mol. The molecule has 4 aromatic carbocycles. The summed E-state index contributed by atoms with van der Waals surface area (Å²) in [6.07, 6.45) is -0.0651. The van der Waals surface area contributed by atoms with E-state index in [1.54, 1.807) is 0 Å². The second kappa shape index (κ2) is 19.2. The number of Topliss-reactive ketones (excluding diaryl/α,β-unsaturated/α-hetero) is 1. The van der Waals surface area contributed by atoms with Crippen molar-refractivity contribution < 1.29 is 33.4 Å². The molecule has 0 aromatic heterocycles. The van der Waals surface area contributed by atoms with Crippen molar-refractivity contribution in [2.24, 2.45) is 0 Å². The molecule has 2 amide bonds. The fourth-order valence-electron chi connectivity index (χ4n) is 4.91. The topological polar surface area (TPSA) is 128 Å². The molecule has 0 radical (unpaired) electrons. The molecule has 4 rings (SSSR count). The minimum absolute atomic E-state index is 0.0678. The Morgan fingerprint density at radius 1 is 0.438 bits per heavy atom. The van der Waals surface area contributed by atoms with Gasteiger partial charge in [-0.15, -0.1) is 0 Å². The van der Waals surface area contributed by atoms with Crippen LogP contribution in [0.2, 0.25) is 0 Å².